The minimum Gasteiger partial charge on any atom is -0.469 e. The topological polar surface area (TPSA) is 54.3 Å². The summed E-state index contributed by atoms with van der Waals surface area (Å²) in [5.41, 5.74) is 6.63. The van der Waals surface area contributed by atoms with Crippen LogP contribution in [0.2, 0.25) is 0 Å². The average molecular weight is 276 g/mol. The Morgan fingerprint density at radius 1 is 1.37 bits per heavy atom. The van der Waals surface area contributed by atoms with Crippen LogP contribution in [0.25, 0.3) is 5.70 Å². The van der Waals surface area contributed by atoms with Gasteiger partial charge in [0.15, 0.2) is 0 Å². The monoisotopic (exact) mass is 276 g/mol. The molecule has 19 heavy (non-hydrogen) atoms. The van der Waals surface area contributed by atoms with Crippen LogP contribution in [0.15, 0.2) is 35.5 Å². The quantitative estimate of drug-likeness (QED) is 0.825. The minimum absolute atomic E-state index is 0.236. The van der Waals surface area contributed by atoms with E-state index in [2.05, 4.69) is 30.4 Å². The smallest absolute Gasteiger partial charge is 0.273 e. The summed E-state index contributed by atoms with van der Waals surface area (Å²) in [6, 6.07) is 5.69. The number of aryl methyl sites for hydroxylation is 2. The Morgan fingerprint density at radius 3 is 2.74 bits per heavy atom. The molecule has 0 aliphatic rings. The molecular weight excluding hydrogens is 260 g/mol. The summed E-state index contributed by atoms with van der Waals surface area (Å²) in [5, 5.41) is 0. The fraction of sp³-hybridized carbons (Fsp3) is 0.214. The molecule has 0 saturated carbocycles. The second-order valence-electron chi connectivity index (χ2n) is 4.07. The number of nitrogens with one attached hydrogen (secondary N) is 2. The Labute approximate surface area is 116 Å². The van der Waals surface area contributed by atoms with Gasteiger partial charge in [-0.2, -0.15) is 0 Å². The molecule has 0 radical (unpaired) electrons. The first-order chi connectivity index (χ1) is 9.11. The third-order valence-electron chi connectivity index (χ3n) is 2.74. The zero-order chi connectivity index (χ0) is 13.8. The predicted molar refractivity (Wildman–Crippen MR) is 76.8 cm³/mol. The molecule has 5 heteroatoms. The summed E-state index contributed by atoms with van der Waals surface area (Å²) < 4.78 is 5.09. The predicted octanol–water partition coefficient (Wildman–Crippen LogP) is 3.12. The molecule has 1 amide bonds. The minimum atomic E-state index is -0.236. The molecular formula is C14H16N2O2S. The zero-order valence-corrected chi connectivity index (χ0v) is 11.8. The molecule has 2 rings (SSSR count). The highest BCUT2D eigenvalue weighted by atomic mass is 32.1. The number of hydrogen-bond acceptors (Lipinski definition) is 4. The normalized spacial score (nSPS) is 10.2. The largest absolute Gasteiger partial charge is 0.469 e. The number of amides is 1. The van der Waals surface area contributed by atoms with E-state index in [0.29, 0.717) is 17.0 Å². The van der Waals surface area contributed by atoms with Gasteiger partial charge in [0.2, 0.25) is 0 Å². The molecule has 2 N–H and O–H groups in total. The van der Waals surface area contributed by atoms with E-state index in [1.54, 1.807) is 24.3 Å². The maximum atomic E-state index is 11.9. The van der Waals surface area contributed by atoms with Crippen LogP contribution < -0.4 is 10.9 Å². The lowest BCUT2D eigenvalue weighted by atomic mass is 10.2. The molecule has 0 atom stereocenters. The number of carbonyl (C=O) groups excluding carboxylic acids is 1. The Morgan fingerprint density at radius 2 is 2.16 bits per heavy atom. The van der Waals surface area contributed by atoms with E-state index in [1.165, 1.54) is 11.1 Å². The molecule has 2 aromatic heterocycles. The van der Waals surface area contributed by atoms with E-state index in [9.17, 15) is 4.79 Å². The maximum absolute atomic E-state index is 11.9. The highest BCUT2D eigenvalue weighted by Gasteiger charge is 2.11. The van der Waals surface area contributed by atoms with Gasteiger partial charge >= 0.3 is 0 Å². The van der Waals surface area contributed by atoms with Crippen LogP contribution in [-0.4, -0.2) is 5.91 Å². The van der Waals surface area contributed by atoms with Gasteiger partial charge in [-0.3, -0.25) is 15.6 Å². The van der Waals surface area contributed by atoms with Crippen molar-refractivity contribution in [3.8, 4) is 0 Å². The lowest BCUT2D eigenvalue weighted by Gasteiger charge is -2.09. The summed E-state index contributed by atoms with van der Waals surface area (Å²) in [6.45, 7) is 7.76. The van der Waals surface area contributed by atoms with Crippen molar-refractivity contribution in [3.05, 3.63) is 52.1 Å². The number of hydrazine groups is 1. The second-order valence-corrected chi connectivity index (χ2v) is 5.24. The summed E-state index contributed by atoms with van der Waals surface area (Å²) in [7, 11) is 0. The third-order valence-corrected chi connectivity index (χ3v) is 4.03. The molecule has 4 nitrogen and oxygen atoms in total. The van der Waals surface area contributed by atoms with E-state index < -0.39 is 0 Å². The van der Waals surface area contributed by atoms with Crippen molar-refractivity contribution in [1.82, 2.24) is 10.9 Å². The summed E-state index contributed by atoms with van der Waals surface area (Å²) in [6.07, 6.45) is 2.49. The van der Waals surface area contributed by atoms with Gasteiger partial charge in [-0.1, -0.05) is 13.5 Å². The lowest BCUT2D eigenvalue weighted by Crippen LogP contribution is -2.35. The molecule has 0 fully saturated rings. The van der Waals surface area contributed by atoms with Gasteiger partial charge in [-0.15, -0.1) is 11.3 Å². The fourth-order valence-corrected chi connectivity index (χ4v) is 2.48. The van der Waals surface area contributed by atoms with Gasteiger partial charge in [0, 0.05) is 4.88 Å². The van der Waals surface area contributed by atoms with E-state index in [1.807, 2.05) is 6.07 Å². The van der Waals surface area contributed by atoms with Crippen LogP contribution in [0.1, 0.15) is 32.8 Å². The van der Waals surface area contributed by atoms with Gasteiger partial charge in [0.05, 0.1) is 22.4 Å². The van der Waals surface area contributed by atoms with Crippen molar-refractivity contribution in [3.63, 3.8) is 0 Å². The van der Waals surface area contributed by atoms with Gasteiger partial charge in [-0.05, 0) is 31.5 Å². The van der Waals surface area contributed by atoms with Crippen molar-refractivity contribution in [2.75, 3.05) is 0 Å². The molecule has 0 unspecified atom stereocenters. The van der Waals surface area contributed by atoms with Crippen molar-refractivity contribution in [1.29, 1.82) is 0 Å². The molecule has 2 heterocycles. The van der Waals surface area contributed by atoms with Crippen LogP contribution in [0.3, 0.4) is 0 Å². The van der Waals surface area contributed by atoms with Gasteiger partial charge in [0.25, 0.3) is 5.91 Å². The maximum Gasteiger partial charge on any atom is 0.273 e. The number of thiophene rings is 1. The Hall–Kier alpha value is -2.01. The van der Waals surface area contributed by atoms with Gasteiger partial charge in [0.1, 0.15) is 5.76 Å². The number of hydrogen-bond donors (Lipinski definition) is 2. The third kappa shape index (κ3) is 3.06. The van der Waals surface area contributed by atoms with Crippen LogP contribution in [0.4, 0.5) is 0 Å². The van der Waals surface area contributed by atoms with Crippen molar-refractivity contribution in [2.24, 2.45) is 0 Å². The summed E-state index contributed by atoms with van der Waals surface area (Å²) in [4.78, 5) is 14.2. The molecule has 100 valence electrons. The van der Waals surface area contributed by atoms with Crippen LogP contribution in [0.5, 0.6) is 0 Å². The molecule has 0 saturated heterocycles. The summed E-state index contributed by atoms with van der Waals surface area (Å²) >= 11 is 1.66. The van der Waals surface area contributed by atoms with Crippen molar-refractivity contribution in [2.45, 2.75) is 20.3 Å². The first kappa shape index (κ1) is 13.4. The molecule has 0 bridgehead atoms. The Bertz CT molecular complexity index is 598. The Balaban J connectivity index is 1.94. The van der Waals surface area contributed by atoms with Crippen molar-refractivity contribution >= 4 is 22.9 Å². The second kappa shape index (κ2) is 5.75. The highest BCUT2D eigenvalue weighted by molar-refractivity contribution is 7.13. The lowest BCUT2D eigenvalue weighted by molar-refractivity contribution is 0.0941. The molecule has 2 aromatic rings. The highest BCUT2D eigenvalue weighted by Crippen LogP contribution is 2.21. The molecule has 0 aromatic carbocycles. The van der Waals surface area contributed by atoms with Crippen LogP contribution >= 0.6 is 11.3 Å². The first-order valence-electron chi connectivity index (χ1n) is 6.00. The zero-order valence-electron chi connectivity index (χ0n) is 10.9. The van der Waals surface area contributed by atoms with E-state index in [0.717, 1.165) is 11.3 Å². The van der Waals surface area contributed by atoms with Crippen LogP contribution in [-0.2, 0) is 6.42 Å². The van der Waals surface area contributed by atoms with E-state index in [-0.39, 0.29) is 5.91 Å². The Kier molecular flexibility index (Phi) is 4.06. The molecule has 0 aliphatic carbocycles. The average Bonchev–Trinajstić information content (AvgIpc) is 3.03. The standard InChI is InChI=1S/C14H16N2O2S/c1-4-11-5-6-13(19-11)9(2)15-16-14(17)12-7-8-18-10(12)3/h5-8,15H,2,4H2,1,3H3,(H,16,17). The molecule has 0 spiro atoms. The van der Waals surface area contributed by atoms with Gasteiger partial charge < -0.3 is 4.42 Å². The first-order valence-corrected chi connectivity index (χ1v) is 6.82. The molecule has 0 aliphatic heterocycles. The SMILES string of the molecule is C=C(NNC(=O)c1ccoc1C)c1ccc(CC)s1. The van der Waals surface area contributed by atoms with E-state index >= 15 is 0 Å². The van der Waals surface area contributed by atoms with Crippen LogP contribution in [0, 0.1) is 6.92 Å². The van der Waals surface area contributed by atoms with E-state index in [4.69, 9.17) is 4.42 Å². The van der Waals surface area contributed by atoms with Gasteiger partial charge in [-0.25, -0.2) is 0 Å². The number of carbonyl (C=O) groups is 1. The summed E-state index contributed by atoms with van der Waals surface area (Å²) in [5.74, 6) is 0.356. The van der Waals surface area contributed by atoms with Crippen molar-refractivity contribution < 1.29 is 9.21 Å². The fourth-order valence-electron chi connectivity index (χ4n) is 1.61. The number of furan rings is 1. The number of rotatable bonds is 5.